The van der Waals surface area contributed by atoms with Gasteiger partial charge in [-0.2, -0.15) is 0 Å². The van der Waals surface area contributed by atoms with Crippen LogP contribution in [0.3, 0.4) is 0 Å². The highest BCUT2D eigenvalue weighted by Gasteiger charge is 2.67. The van der Waals surface area contributed by atoms with Crippen LogP contribution in [0.2, 0.25) is 0 Å². The molecule has 6 atom stereocenters. The monoisotopic (exact) mass is 556 g/mol. The van der Waals surface area contributed by atoms with E-state index in [1.165, 1.54) is 21.9 Å². The summed E-state index contributed by atoms with van der Waals surface area (Å²) in [5.41, 5.74) is 0.524. The molecule has 7 nitrogen and oxygen atoms in total. The maximum Gasteiger partial charge on any atom is 0.241 e. The van der Waals surface area contributed by atoms with E-state index in [-0.39, 0.29) is 36.1 Å². The van der Waals surface area contributed by atoms with Crippen molar-refractivity contribution in [1.29, 1.82) is 0 Å². The SMILES string of the molecule is C[C@@]12C(=O)N(c3ccccc3)C(=O)[C@@H]1C[C@@H]1C(=CC[C@@H]3C(=O)N(C4CCCCC4)C(=O)[C@@H]31)[C@@H]2c1ccc(O)c(F)c1. The van der Waals surface area contributed by atoms with E-state index in [1.54, 1.807) is 37.3 Å². The summed E-state index contributed by atoms with van der Waals surface area (Å²) in [7, 11) is 0. The quantitative estimate of drug-likeness (QED) is 0.420. The average molecular weight is 557 g/mol. The largest absolute Gasteiger partial charge is 0.505 e. The molecule has 4 fully saturated rings. The molecule has 2 heterocycles. The third kappa shape index (κ3) is 3.61. The van der Waals surface area contributed by atoms with Gasteiger partial charge in [0.1, 0.15) is 0 Å². The molecule has 5 aliphatic rings. The molecule has 1 N–H and O–H groups in total. The van der Waals surface area contributed by atoms with E-state index >= 15 is 0 Å². The minimum Gasteiger partial charge on any atom is -0.505 e. The van der Waals surface area contributed by atoms with Crippen molar-refractivity contribution >= 4 is 29.3 Å². The van der Waals surface area contributed by atoms with Crippen LogP contribution >= 0.6 is 0 Å². The smallest absolute Gasteiger partial charge is 0.241 e. The second kappa shape index (κ2) is 9.36. The number of hydrogen-bond donors (Lipinski definition) is 1. The molecule has 2 aromatic rings. The van der Waals surface area contributed by atoms with Crippen LogP contribution in [0.25, 0.3) is 0 Å². The highest BCUT2D eigenvalue weighted by atomic mass is 19.1. The summed E-state index contributed by atoms with van der Waals surface area (Å²) in [6.45, 7) is 1.77. The number of amides is 4. The zero-order chi connectivity index (χ0) is 28.6. The van der Waals surface area contributed by atoms with Gasteiger partial charge in [0, 0.05) is 12.0 Å². The fourth-order valence-electron chi connectivity index (χ4n) is 8.64. The lowest BCUT2D eigenvalue weighted by molar-refractivity contribution is -0.144. The Hall–Kier alpha value is -3.81. The first kappa shape index (κ1) is 26.1. The summed E-state index contributed by atoms with van der Waals surface area (Å²) in [6.07, 6.45) is 7.33. The molecule has 0 unspecified atom stereocenters. The Morgan fingerprint density at radius 3 is 2.34 bits per heavy atom. The van der Waals surface area contributed by atoms with E-state index < -0.39 is 46.6 Å². The number of phenols is 1. The van der Waals surface area contributed by atoms with Crippen LogP contribution in [0, 0.1) is 34.9 Å². The number of benzene rings is 2. The van der Waals surface area contributed by atoms with Crippen molar-refractivity contribution in [2.75, 3.05) is 4.90 Å². The lowest BCUT2D eigenvalue weighted by Gasteiger charge is -2.49. The molecule has 212 valence electrons. The first-order valence-corrected chi connectivity index (χ1v) is 14.7. The number of imide groups is 2. The number of fused-ring (bicyclic) bond motifs is 4. The van der Waals surface area contributed by atoms with Gasteiger partial charge >= 0.3 is 0 Å². The second-order valence-electron chi connectivity index (χ2n) is 12.5. The zero-order valence-electron chi connectivity index (χ0n) is 23.0. The molecule has 2 aromatic carbocycles. The number of para-hydroxylation sites is 1. The molecule has 4 amide bonds. The number of nitrogens with zero attached hydrogens (tertiary/aromatic N) is 2. The highest BCUT2D eigenvalue weighted by Crippen LogP contribution is 2.63. The molecule has 0 bridgehead atoms. The van der Waals surface area contributed by atoms with Crippen molar-refractivity contribution in [2.45, 2.75) is 63.8 Å². The maximum atomic E-state index is 14.8. The Labute approximate surface area is 238 Å². The van der Waals surface area contributed by atoms with Gasteiger partial charge in [0.25, 0.3) is 0 Å². The van der Waals surface area contributed by atoms with Crippen molar-refractivity contribution in [3.8, 4) is 5.75 Å². The van der Waals surface area contributed by atoms with Crippen molar-refractivity contribution < 1.29 is 28.7 Å². The summed E-state index contributed by atoms with van der Waals surface area (Å²) < 4.78 is 14.8. The van der Waals surface area contributed by atoms with Crippen molar-refractivity contribution in [3.63, 3.8) is 0 Å². The lowest BCUT2D eigenvalue weighted by Crippen LogP contribution is -2.49. The third-order valence-corrected chi connectivity index (χ3v) is 10.6. The standard InChI is InChI=1S/C33H33FN2O5/c1-33-24(30(39)36(32(33)41)20-10-6-3-7-11-20)17-23-21(28(33)18-12-15-26(37)25(34)16-18)13-14-22-27(23)31(40)35(29(22)38)19-8-4-2-5-9-19/h3,6-7,10-13,15-16,19,22-24,27-28,37H,2,4-5,8-9,14,17H2,1H3/t22-,23+,24-,27-,28-,33+/m0/s1. The van der Waals surface area contributed by atoms with Gasteiger partial charge < -0.3 is 5.11 Å². The Morgan fingerprint density at radius 1 is 0.902 bits per heavy atom. The van der Waals surface area contributed by atoms with E-state index in [9.17, 15) is 28.7 Å². The molecule has 3 aliphatic carbocycles. The number of carbonyl (C=O) groups is 4. The topological polar surface area (TPSA) is 95.0 Å². The van der Waals surface area contributed by atoms with E-state index in [0.717, 1.165) is 37.7 Å². The summed E-state index contributed by atoms with van der Waals surface area (Å²) in [4.78, 5) is 58.9. The lowest BCUT2D eigenvalue weighted by atomic mass is 9.51. The van der Waals surface area contributed by atoms with Crippen LogP contribution in [0.4, 0.5) is 10.1 Å². The van der Waals surface area contributed by atoms with Crippen molar-refractivity contribution in [1.82, 2.24) is 4.90 Å². The van der Waals surface area contributed by atoms with Gasteiger partial charge in [0.05, 0.1) is 28.9 Å². The summed E-state index contributed by atoms with van der Waals surface area (Å²) in [5, 5.41) is 9.94. The number of rotatable bonds is 3. The molecular weight excluding hydrogens is 523 g/mol. The van der Waals surface area contributed by atoms with Crippen LogP contribution in [0.1, 0.15) is 63.4 Å². The molecule has 0 radical (unpaired) electrons. The van der Waals surface area contributed by atoms with Crippen LogP contribution in [0.15, 0.2) is 60.2 Å². The minimum atomic E-state index is -1.24. The number of carbonyl (C=O) groups excluding carboxylic acids is 4. The Balaban J connectivity index is 1.35. The van der Waals surface area contributed by atoms with Crippen LogP contribution in [0.5, 0.6) is 5.75 Å². The fraction of sp³-hybridized carbons (Fsp3) is 0.455. The van der Waals surface area contributed by atoms with Crippen LogP contribution < -0.4 is 4.90 Å². The number of allylic oxidation sites excluding steroid dienone is 2. The second-order valence-corrected chi connectivity index (χ2v) is 12.5. The zero-order valence-corrected chi connectivity index (χ0v) is 23.0. The summed E-state index contributed by atoms with van der Waals surface area (Å²) >= 11 is 0. The van der Waals surface area contributed by atoms with Gasteiger partial charge in [-0.15, -0.1) is 0 Å². The number of likely N-dealkylation sites (tertiary alicyclic amines) is 1. The van der Waals surface area contributed by atoms with E-state index in [1.807, 2.05) is 12.1 Å². The average Bonchev–Trinajstić information content (AvgIpc) is 3.35. The third-order valence-electron chi connectivity index (χ3n) is 10.6. The van der Waals surface area contributed by atoms with Crippen molar-refractivity contribution in [2.24, 2.45) is 29.1 Å². The summed E-state index contributed by atoms with van der Waals surface area (Å²) in [5.74, 6) is -5.28. The Kier molecular flexibility index (Phi) is 5.96. The maximum absolute atomic E-state index is 14.8. The number of hydrogen-bond acceptors (Lipinski definition) is 5. The van der Waals surface area contributed by atoms with E-state index in [4.69, 9.17) is 0 Å². The van der Waals surface area contributed by atoms with Gasteiger partial charge in [0.2, 0.25) is 23.6 Å². The first-order chi connectivity index (χ1) is 19.7. The predicted molar refractivity (Wildman–Crippen MR) is 148 cm³/mol. The molecule has 7 rings (SSSR count). The molecule has 8 heteroatoms. The number of halogens is 1. The van der Waals surface area contributed by atoms with Gasteiger partial charge in [-0.25, -0.2) is 9.29 Å². The number of phenolic OH excluding ortho intramolecular Hbond substituents is 1. The molecule has 0 aromatic heterocycles. The Bertz CT molecular complexity index is 1500. The number of anilines is 1. The molecule has 41 heavy (non-hydrogen) atoms. The minimum absolute atomic E-state index is 0.0862. The van der Waals surface area contributed by atoms with Crippen LogP contribution in [-0.2, 0) is 19.2 Å². The summed E-state index contributed by atoms with van der Waals surface area (Å²) in [6, 6.07) is 12.8. The molecule has 0 spiro atoms. The van der Waals surface area contributed by atoms with Crippen molar-refractivity contribution in [3.05, 3.63) is 71.6 Å². The molecule has 2 saturated heterocycles. The molecule has 2 aliphatic heterocycles. The molecular formula is C33H33FN2O5. The number of aromatic hydroxyl groups is 1. The predicted octanol–water partition coefficient (Wildman–Crippen LogP) is 5.09. The van der Waals surface area contributed by atoms with Gasteiger partial charge in [-0.3, -0.25) is 24.1 Å². The highest BCUT2D eigenvalue weighted by molar-refractivity contribution is 6.24. The fourth-order valence-corrected chi connectivity index (χ4v) is 8.64. The van der Waals surface area contributed by atoms with Gasteiger partial charge in [-0.1, -0.05) is 55.2 Å². The molecule has 2 saturated carbocycles. The van der Waals surface area contributed by atoms with Gasteiger partial charge in [0.15, 0.2) is 11.6 Å². The Morgan fingerprint density at radius 2 is 1.63 bits per heavy atom. The van der Waals surface area contributed by atoms with E-state index in [0.29, 0.717) is 17.7 Å². The normalized spacial score (nSPS) is 33.5. The van der Waals surface area contributed by atoms with E-state index in [2.05, 4.69) is 0 Å². The first-order valence-electron chi connectivity index (χ1n) is 14.7. The van der Waals surface area contributed by atoms with Gasteiger partial charge in [-0.05, 0) is 68.4 Å². The van der Waals surface area contributed by atoms with Crippen LogP contribution in [-0.4, -0.2) is 39.7 Å².